The molecule has 0 atom stereocenters. The topological polar surface area (TPSA) is 81.2 Å². The quantitative estimate of drug-likeness (QED) is 0.877. The van der Waals surface area contributed by atoms with Crippen LogP contribution in [0, 0.1) is 0 Å². The number of aromatic nitrogens is 2. The maximum atomic E-state index is 12.0. The lowest BCUT2D eigenvalue weighted by atomic mass is 10.2. The fourth-order valence-electron chi connectivity index (χ4n) is 1.46. The number of anilines is 1. The molecule has 0 saturated heterocycles. The molecule has 0 aliphatic heterocycles. The average molecular weight is 292 g/mol. The third-order valence-corrected chi connectivity index (χ3v) is 2.62. The summed E-state index contributed by atoms with van der Waals surface area (Å²) in [5.41, 5.74) is 0.451. The Bertz CT molecular complexity index is 644. The van der Waals surface area contributed by atoms with Gasteiger partial charge in [-0.25, -0.2) is 14.8 Å². The van der Waals surface area contributed by atoms with E-state index in [4.69, 9.17) is 11.6 Å². The number of pyridine rings is 2. The Hall–Kier alpha value is -2.47. The molecule has 0 spiro atoms. The van der Waals surface area contributed by atoms with Gasteiger partial charge in [-0.2, -0.15) is 0 Å². The summed E-state index contributed by atoms with van der Waals surface area (Å²) < 4.78 is 4.59. The molecule has 1 N–H and O–H groups in total. The number of carbonyl (C=O) groups is 2. The second-order valence-corrected chi connectivity index (χ2v) is 4.14. The zero-order valence-corrected chi connectivity index (χ0v) is 11.2. The molecule has 7 heteroatoms. The number of amides is 1. The van der Waals surface area contributed by atoms with Crippen molar-refractivity contribution in [1.82, 2.24) is 9.97 Å². The fraction of sp³-hybridized carbons (Fsp3) is 0.0769. The van der Waals surface area contributed by atoms with Crippen LogP contribution in [0.2, 0.25) is 5.02 Å². The van der Waals surface area contributed by atoms with Crippen molar-refractivity contribution in [2.45, 2.75) is 0 Å². The van der Waals surface area contributed by atoms with Gasteiger partial charge in [-0.15, -0.1) is 0 Å². The van der Waals surface area contributed by atoms with Gasteiger partial charge in [0.2, 0.25) is 0 Å². The van der Waals surface area contributed by atoms with E-state index in [2.05, 4.69) is 20.0 Å². The Kier molecular flexibility index (Phi) is 4.27. The van der Waals surface area contributed by atoms with E-state index >= 15 is 0 Å². The standard InChI is InChI=1S/C13H10ClN3O3/c1-20-13(19)11-9(3-2-6-15-11)17-12(18)10-5-4-8(14)7-16-10/h2-7H,1H3,(H,17,18). The summed E-state index contributed by atoms with van der Waals surface area (Å²) in [6.07, 6.45) is 2.80. The van der Waals surface area contributed by atoms with Crippen LogP contribution in [0.15, 0.2) is 36.7 Å². The molecule has 2 rings (SSSR count). The number of esters is 1. The molecule has 1 amide bonds. The molecule has 0 radical (unpaired) electrons. The number of halogens is 1. The van der Waals surface area contributed by atoms with Crippen molar-refractivity contribution in [3.05, 3.63) is 53.1 Å². The number of nitrogens with one attached hydrogen (secondary N) is 1. The van der Waals surface area contributed by atoms with E-state index in [1.54, 1.807) is 18.2 Å². The molecule has 0 bridgehead atoms. The number of ether oxygens (including phenoxy) is 1. The third kappa shape index (κ3) is 3.10. The van der Waals surface area contributed by atoms with Gasteiger partial charge in [0.05, 0.1) is 17.8 Å². The van der Waals surface area contributed by atoms with Gasteiger partial charge in [0.1, 0.15) is 5.69 Å². The molecule has 0 fully saturated rings. The predicted octanol–water partition coefficient (Wildman–Crippen LogP) is 2.17. The number of rotatable bonds is 3. The van der Waals surface area contributed by atoms with Gasteiger partial charge in [0.15, 0.2) is 5.69 Å². The van der Waals surface area contributed by atoms with Crippen LogP contribution in [0.5, 0.6) is 0 Å². The Morgan fingerprint density at radius 3 is 2.70 bits per heavy atom. The van der Waals surface area contributed by atoms with Crippen LogP contribution in [-0.4, -0.2) is 29.0 Å². The second-order valence-electron chi connectivity index (χ2n) is 3.71. The van der Waals surface area contributed by atoms with Crippen LogP contribution in [0.3, 0.4) is 0 Å². The van der Waals surface area contributed by atoms with Gasteiger partial charge in [-0.05, 0) is 24.3 Å². The largest absolute Gasteiger partial charge is 0.464 e. The van der Waals surface area contributed by atoms with E-state index in [1.165, 1.54) is 25.6 Å². The monoisotopic (exact) mass is 291 g/mol. The molecule has 2 aromatic rings. The number of carbonyl (C=O) groups excluding carboxylic acids is 2. The average Bonchev–Trinajstić information content (AvgIpc) is 2.47. The highest BCUT2D eigenvalue weighted by molar-refractivity contribution is 6.30. The summed E-state index contributed by atoms with van der Waals surface area (Å²) in [5, 5.41) is 2.98. The van der Waals surface area contributed by atoms with E-state index < -0.39 is 11.9 Å². The minimum atomic E-state index is -0.634. The van der Waals surface area contributed by atoms with Crippen molar-refractivity contribution < 1.29 is 14.3 Å². The van der Waals surface area contributed by atoms with Crippen molar-refractivity contribution in [1.29, 1.82) is 0 Å². The van der Waals surface area contributed by atoms with Gasteiger partial charge in [0.25, 0.3) is 5.91 Å². The number of hydrogen-bond acceptors (Lipinski definition) is 5. The van der Waals surface area contributed by atoms with Crippen LogP contribution in [0.1, 0.15) is 21.0 Å². The van der Waals surface area contributed by atoms with Gasteiger partial charge in [-0.3, -0.25) is 4.79 Å². The minimum Gasteiger partial charge on any atom is -0.464 e. The Morgan fingerprint density at radius 1 is 1.25 bits per heavy atom. The van der Waals surface area contributed by atoms with E-state index in [9.17, 15) is 9.59 Å². The Labute approximate surface area is 119 Å². The molecular weight excluding hydrogens is 282 g/mol. The summed E-state index contributed by atoms with van der Waals surface area (Å²) in [7, 11) is 1.24. The first-order valence-electron chi connectivity index (χ1n) is 5.58. The maximum Gasteiger partial charge on any atom is 0.358 e. The SMILES string of the molecule is COC(=O)c1ncccc1NC(=O)c1ccc(Cl)cn1. The van der Waals surface area contributed by atoms with Crippen LogP contribution in [-0.2, 0) is 4.74 Å². The molecule has 6 nitrogen and oxygen atoms in total. The zero-order valence-electron chi connectivity index (χ0n) is 10.5. The molecule has 0 saturated carbocycles. The molecular formula is C13H10ClN3O3. The first-order valence-corrected chi connectivity index (χ1v) is 5.96. The van der Waals surface area contributed by atoms with Crippen molar-refractivity contribution in [3.63, 3.8) is 0 Å². The van der Waals surface area contributed by atoms with Gasteiger partial charge >= 0.3 is 5.97 Å². The molecule has 0 aromatic carbocycles. The molecule has 102 valence electrons. The highest BCUT2D eigenvalue weighted by atomic mass is 35.5. The van der Waals surface area contributed by atoms with E-state index in [-0.39, 0.29) is 17.1 Å². The Balaban J connectivity index is 2.24. The van der Waals surface area contributed by atoms with E-state index in [0.717, 1.165) is 0 Å². The zero-order chi connectivity index (χ0) is 14.5. The lowest BCUT2D eigenvalue weighted by Gasteiger charge is -2.08. The lowest BCUT2D eigenvalue weighted by molar-refractivity contribution is 0.0595. The molecule has 2 aromatic heterocycles. The predicted molar refractivity (Wildman–Crippen MR) is 72.8 cm³/mol. The summed E-state index contributed by atoms with van der Waals surface area (Å²) >= 11 is 5.70. The van der Waals surface area contributed by atoms with Crippen molar-refractivity contribution in [3.8, 4) is 0 Å². The highest BCUT2D eigenvalue weighted by Gasteiger charge is 2.16. The van der Waals surface area contributed by atoms with Crippen molar-refractivity contribution >= 4 is 29.2 Å². The van der Waals surface area contributed by atoms with Crippen LogP contribution < -0.4 is 5.32 Å². The first-order chi connectivity index (χ1) is 9.61. The summed E-state index contributed by atoms with van der Waals surface area (Å²) in [6, 6.07) is 6.17. The first kappa shape index (κ1) is 14.0. The summed E-state index contributed by atoms with van der Waals surface area (Å²) in [5.74, 6) is -1.11. The summed E-state index contributed by atoms with van der Waals surface area (Å²) in [6.45, 7) is 0. The molecule has 0 aliphatic carbocycles. The van der Waals surface area contributed by atoms with Crippen LogP contribution in [0.25, 0.3) is 0 Å². The molecule has 2 heterocycles. The fourth-order valence-corrected chi connectivity index (χ4v) is 1.57. The van der Waals surface area contributed by atoms with Gasteiger partial charge in [-0.1, -0.05) is 11.6 Å². The second kappa shape index (κ2) is 6.12. The smallest absolute Gasteiger partial charge is 0.358 e. The van der Waals surface area contributed by atoms with Crippen molar-refractivity contribution in [2.75, 3.05) is 12.4 Å². The van der Waals surface area contributed by atoms with Crippen LogP contribution >= 0.6 is 11.6 Å². The number of hydrogen-bond donors (Lipinski definition) is 1. The van der Waals surface area contributed by atoms with Crippen LogP contribution in [0.4, 0.5) is 5.69 Å². The maximum absolute atomic E-state index is 12.0. The molecule has 0 aliphatic rings. The highest BCUT2D eigenvalue weighted by Crippen LogP contribution is 2.15. The molecule has 0 unspecified atom stereocenters. The third-order valence-electron chi connectivity index (χ3n) is 2.39. The van der Waals surface area contributed by atoms with E-state index in [1.807, 2.05) is 0 Å². The lowest BCUT2D eigenvalue weighted by Crippen LogP contribution is -2.17. The number of methoxy groups -OCH3 is 1. The normalized spacial score (nSPS) is 9.90. The minimum absolute atomic E-state index is 0.0253. The summed E-state index contributed by atoms with van der Waals surface area (Å²) in [4.78, 5) is 31.3. The number of nitrogens with zero attached hydrogens (tertiary/aromatic N) is 2. The van der Waals surface area contributed by atoms with Gasteiger partial charge in [0, 0.05) is 12.4 Å². The van der Waals surface area contributed by atoms with Gasteiger partial charge < -0.3 is 10.1 Å². The van der Waals surface area contributed by atoms with Crippen molar-refractivity contribution in [2.24, 2.45) is 0 Å². The molecule has 20 heavy (non-hydrogen) atoms. The van der Waals surface area contributed by atoms with E-state index in [0.29, 0.717) is 5.02 Å². The Morgan fingerprint density at radius 2 is 2.05 bits per heavy atom.